The summed E-state index contributed by atoms with van der Waals surface area (Å²) in [6.45, 7) is 2.82. The first kappa shape index (κ1) is 15.7. The number of hydrogen-bond acceptors (Lipinski definition) is 7. The lowest BCUT2D eigenvalue weighted by Crippen LogP contribution is -2.55. The zero-order chi connectivity index (χ0) is 14.4. The Labute approximate surface area is 128 Å². The van der Waals surface area contributed by atoms with Gasteiger partial charge < -0.3 is 10.1 Å². The van der Waals surface area contributed by atoms with Gasteiger partial charge in [-0.3, -0.25) is 4.79 Å². The Balaban J connectivity index is 1.95. The maximum atomic E-state index is 12.2. The van der Waals surface area contributed by atoms with Crippen LogP contribution in [0.1, 0.15) is 32.6 Å². The number of nitrogens with one attached hydrogen (secondary N) is 1. The van der Waals surface area contributed by atoms with Gasteiger partial charge in [-0.1, -0.05) is 25.1 Å². The van der Waals surface area contributed by atoms with E-state index in [4.69, 9.17) is 4.74 Å². The summed E-state index contributed by atoms with van der Waals surface area (Å²) in [5.74, 6) is 1.20. The summed E-state index contributed by atoms with van der Waals surface area (Å²) in [6, 6.07) is 0. The standard InChI is InChI=1S/C13H21N3O2S2/c1-3-15-13(11(17)18-2)7-4-5-10(13)6-8-19-12-14-9-16-20-12/h9-10,15H,3-8H2,1-2H3. The van der Waals surface area contributed by atoms with Crippen LogP contribution in [0.5, 0.6) is 0 Å². The summed E-state index contributed by atoms with van der Waals surface area (Å²) < 4.78 is 10.0. The Hall–Kier alpha value is -0.660. The average Bonchev–Trinajstić information content (AvgIpc) is 3.09. The molecule has 20 heavy (non-hydrogen) atoms. The quantitative estimate of drug-likeness (QED) is 0.615. The second-order valence-electron chi connectivity index (χ2n) is 4.93. The van der Waals surface area contributed by atoms with Gasteiger partial charge in [0.05, 0.1) is 7.11 Å². The summed E-state index contributed by atoms with van der Waals surface area (Å²) in [5, 5.41) is 3.39. The topological polar surface area (TPSA) is 64.1 Å². The molecule has 112 valence electrons. The van der Waals surface area contributed by atoms with Crippen molar-refractivity contribution in [3.8, 4) is 0 Å². The zero-order valence-electron chi connectivity index (χ0n) is 11.9. The fraction of sp³-hybridized carbons (Fsp3) is 0.769. The molecule has 0 bridgehead atoms. The first-order chi connectivity index (χ1) is 9.73. The lowest BCUT2D eigenvalue weighted by Gasteiger charge is -2.33. The lowest BCUT2D eigenvalue weighted by molar-refractivity contribution is -0.150. The largest absolute Gasteiger partial charge is 0.468 e. The van der Waals surface area contributed by atoms with Crippen LogP contribution in [0.3, 0.4) is 0 Å². The molecule has 1 saturated carbocycles. The molecule has 1 N–H and O–H groups in total. The highest BCUT2D eigenvalue weighted by molar-refractivity contribution is 8.00. The number of carbonyl (C=O) groups is 1. The first-order valence-corrected chi connectivity index (χ1v) is 8.71. The second kappa shape index (κ2) is 7.38. The van der Waals surface area contributed by atoms with E-state index in [1.807, 2.05) is 6.92 Å². The van der Waals surface area contributed by atoms with Gasteiger partial charge in [-0.25, -0.2) is 4.98 Å². The number of esters is 1. The summed E-state index contributed by atoms with van der Waals surface area (Å²) in [7, 11) is 1.48. The Morgan fingerprint density at radius 3 is 3.20 bits per heavy atom. The molecule has 0 amide bonds. The van der Waals surface area contributed by atoms with Crippen molar-refractivity contribution in [3.05, 3.63) is 6.33 Å². The highest BCUT2D eigenvalue weighted by atomic mass is 32.2. The summed E-state index contributed by atoms with van der Waals surface area (Å²) in [6.07, 6.45) is 5.61. The van der Waals surface area contributed by atoms with Gasteiger partial charge >= 0.3 is 5.97 Å². The molecular weight excluding hydrogens is 294 g/mol. The van der Waals surface area contributed by atoms with Crippen LogP contribution in [0.15, 0.2) is 10.7 Å². The Bertz CT molecular complexity index is 427. The number of carbonyl (C=O) groups excluding carboxylic acids is 1. The molecule has 1 fully saturated rings. The van der Waals surface area contributed by atoms with Crippen LogP contribution in [-0.4, -0.2) is 40.3 Å². The number of ether oxygens (including phenoxy) is 1. The third-order valence-electron chi connectivity index (χ3n) is 3.90. The molecule has 7 heteroatoms. The van der Waals surface area contributed by atoms with Crippen LogP contribution in [-0.2, 0) is 9.53 Å². The molecule has 0 radical (unpaired) electrons. The third kappa shape index (κ3) is 3.32. The van der Waals surface area contributed by atoms with Gasteiger partial charge in [0.1, 0.15) is 11.9 Å². The summed E-state index contributed by atoms with van der Waals surface area (Å²) >= 11 is 3.14. The third-order valence-corrected chi connectivity index (χ3v) is 5.73. The van der Waals surface area contributed by atoms with Gasteiger partial charge in [0.2, 0.25) is 0 Å². The Kier molecular flexibility index (Phi) is 5.80. The molecule has 2 unspecified atom stereocenters. The van der Waals surface area contributed by atoms with E-state index in [1.165, 1.54) is 18.6 Å². The molecule has 0 spiro atoms. The van der Waals surface area contributed by atoms with Gasteiger partial charge in [-0.2, -0.15) is 4.37 Å². The summed E-state index contributed by atoms with van der Waals surface area (Å²) in [4.78, 5) is 16.4. The molecule has 2 rings (SSSR count). The first-order valence-electron chi connectivity index (χ1n) is 6.96. The number of nitrogens with zero attached hydrogens (tertiary/aromatic N) is 2. The molecule has 1 aromatic rings. The van der Waals surface area contributed by atoms with E-state index < -0.39 is 5.54 Å². The van der Waals surface area contributed by atoms with Crippen molar-refractivity contribution in [3.63, 3.8) is 0 Å². The van der Waals surface area contributed by atoms with E-state index in [2.05, 4.69) is 14.7 Å². The number of hydrogen-bond donors (Lipinski definition) is 1. The van der Waals surface area contributed by atoms with Crippen LogP contribution in [0.2, 0.25) is 0 Å². The van der Waals surface area contributed by atoms with Gasteiger partial charge in [-0.15, -0.1) is 0 Å². The fourth-order valence-corrected chi connectivity index (χ4v) is 4.62. The highest BCUT2D eigenvalue weighted by Crippen LogP contribution is 2.40. The number of likely N-dealkylation sites (N-methyl/N-ethyl adjacent to an activating group) is 1. The van der Waals surface area contributed by atoms with Gasteiger partial charge in [-0.05, 0) is 43.3 Å². The molecule has 0 aromatic carbocycles. The highest BCUT2D eigenvalue weighted by Gasteiger charge is 2.48. The monoisotopic (exact) mass is 315 g/mol. The minimum Gasteiger partial charge on any atom is -0.468 e. The van der Waals surface area contributed by atoms with Crippen molar-refractivity contribution in [1.29, 1.82) is 0 Å². The molecule has 1 aliphatic carbocycles. The van der Waals surface area contributed by atoms with Gasteiger partial charge in [0.25, 0.3) is 0 Å². The smallest absolute Gasteiger partial charge is 0.326 e. The molecule has 2 atom stereocenters. The van der Waals surface area contributed by atoms with Crippen molar-refractivity contribution in [2.75, 3.05) is 19.4 Å². The molecule has 1 aliphatic rings. The second-order valence-corrected chi connectivity index (χ2v) is 7.05. The lowest BCUT2D eigenvalue weighted by atomic mass is 9.85. The SMILES string of the molecule is CCNC1(C(=O)OC)CCCC1CCSc1ncns1. The number of methoxy groups -OCH3 is 1. The van der Waals surface area contributed by atoms with Crippen LogP contribution in [0.25, 0.3) is 0 Å². The van der Waals surface area contributed by atoms with Crippen LogP contribution in [0.4, 0.5) is 0 Å². The summed E-state index contributed by atoms with van der Waals surface area (Å²) in [5.41, 5.74) is -0.481. The number of rotatable bonds is 7. The van der Waals surface area contributed by atoms with Crippen molar-refractivity contribution >= 4 is 29.3 Å². The average molecular weight is 315 g/mol. The molecule has 0 saturated heterocycles. The maximum absolute atomic E-state index is 12.2. The van der Waals surface area contributed by atoms with Crippen LogP contribution in [0, 0.1) is 5.92 Å². The van der Waals surface area contributed by atoms with E-state index in [1.54, 1.807) is 18.1 Å². The van der Waals surface area contributed by atoms with E-state index in [-0.39, 0.29) is 5.97 Å². The van der Waals surface area contributed by atoms with E-state index >= 15 is 0 Å². The minimum absolute atomic E-state index is 0.109. The number of thioether (sulfide) groups is 1. The molecule has 1 aromatic heterocycles. The minimum atomic E-state index is -0.481. The number of aromatic nitrogens is 2. The van der Waals surface area contributed by atoms with E-state index in [9.17, 15) is 4.79 Å². The van der Waals surface area contributed by atoms with Crippen LogP contribution < -0.4 is 5.32 Å². The molecule has 1 heterocycles. The Morgan fingerprint density at radius 1 is 1.70 bits per heavy atom. The van der Waals surface area contributed by atoms with Gasteiger partial charge in [0.15, 0.2) is 4.34 Å². The fourth-order valence-electron chi connectivity index (χ4n) is 3.05. The maximum Gasteiger partial charge on any atom is 0.326 e. The van der Waals surface area contributed by atoms with E-state index in [0.717, 1.165) is 42.3 Å². The molecule has 5 nitrogen and oxygen atoms in total. The van der Waals surface area contributed by atoms with Crippen LogP contribution >= 0.6 is 23.3 Å². The van der Waals surface area contributed by atoms with E-state index in [0.29, 0.717) is 5.92 Å². The molecular formula is C13H21N3O2S2. The predicted molar refractivity (Wildman–Crippen MR) is 81.0 cm³/mol. The van der Waals surface area contributed by atoms with Crippen molar-refractivity contribution < 1.29 is 9.53 Å². The van der Waals surface area contributed by atoms with Crippen molar-refractivity contribution in [2.45, 2.75) is 42.5 Å². The van der Waals surface area contributed by atoms with Crippen molar-refractivity contribution in [2.24, 2.45) is 5.92 Å². The Morgan fingerprint density at radius 2 is 2.55 bits per heavy atom. The molecule has 0 aliphatic heterocycles. The predicted octanol–water partition coefficient (Wildman–Crippen LogP) is 2.34. The van der Waals surface area contributed by atoms with Crippen molar-refractivity contribution in [1.82, 2.24) is 14.7 Å². The normalized spacial score (nSPS) is 25.8. The van der Waals surface area contributed by atoms with Gasteiger partial charge in [0, 0.05) is 5.75 Å². The zero-order valence-corrected chi connectivity index (χ0v) is 13.6.